The summed E-state index contributed by atoms with van der Waals surface area (Å²) < 4.78 is 66.1. The molecule has 1 aliphatic rings. The third-order valence-electron chi connectivity index (χ3n) is 4.52. The smallest absolute Gasteiger partial charge is 0.416 e. The van der Waals surface area contributed by atoms with Gasteiger partial charge >= 0.3 is 6.18 Å². The highest BCUT2D eigenvalue weighted by Crippen LogP contribution is 2.40. The molecule has 0 amide bonds. The molecule has 1 heterocycles. The van der Waals surface area contributed by atoms with E-state index in [4.69, 9.17) is 21.1 Å². The Kier molecular flexibility index (Phi) is 6.20. The molecule has 0 spiro atoms. The van der Waals surface area contributed by atoms with Crippen molar-refractivity contribution in [2.45, 2.75) is 17.7 Å². The Morgan fingerprint density at radius 2 is 1.87 bits per heavy atom. The molecule has 0 radical (unpaired) electrons. The fraction of sp³-hybridized carbons (Fsp3) is 0.182. The number of ether oxygens (including phenoxy) is 2. The Hall–Kier alpha value is -2.58. The predicted octanol–water partition coefficient (Wildman–Crippen LogP) is 6.98. The molecule has 0 aliphatic carbocycles. The van der Waals surface area contributed by atoms with Crippen molar-refractivity contribution in [1.29, 1.82) is 0 Å². The molecule has 0 atom stereocenters. The van der Waals surface area contributed by atoms with Crippen LogP contribution in [0.4, 0.5) is 23.2 Å². The van der Waals surface area contributed by atoms with Crippen molar-refractivity contribution < 1.29 is 27.0 Å². The SMILES string of the molecule is Fc1cccc(Cl)c1OCc1ccc2c(c1)N(Sc1cccc(C(F)(F)F)c1)CCO2. The molecule has 0 fully saturated rings. The summed E-state index contributed by atoms with van der Waals surface area (Å²) in [4.78, 5) is 0.461. The zero-order valence-electron chi connectivity index (χ0n) is 16.0. The summed E-state index contributed by atoms with van der Waals surface area (Å²) in [5, 5.41) is 0.169. The van der Waals surface area contributed by atoms with Crippen LogP contribution in [0, 0.1) is 5.82 Å². The van der Waals surface area contributed by atoms with Gasteiger partial charge in [0.1, 0.15) is 19.0 Å². The van der Waals surface area contributed by atoms with Crippen molar-refractivity contribution in [3.8, 4) is 11.5 Å². The highest BCUT2D eigenvalue weighted by atomic mass is 35.5. The molecule has 4 rings (SSSR count). The van der Waals surface area contributed by atoms with Gasteiger partial charge in [0.15, 0.2) is 11.6 Å². The molecule has 0 saturated carbocycles. The average molecular weight is 470 g/mol. The molecule has 1 aliphatic heterocycles. The number of rotatable bonds is 5. The lowest BCUT2D eigenvalue weighted by Crippen LogP contribution is -2.27. The highest BCUT2D eigenvalue weighted by molar-refractivity contribution is 8.00. The van der Waals surface area contributed by atoms with Gasteiger partial charge in [-0.05, 0) is 60.0 Å². The third-order valence-corrected chi connectivity index (χ3v) is 5.89. The van der Waals surface area contributed by atoms with Crippen LogP contribution in [0.15, 0.2) is 65.6 Å². The van der Waals surface area contributed by atoms with Crippen molar-refractivity contribution in [3.05, 3.63) is 82.6 Å². The molecule has 3 nitrogen and oxygen atoms in total. The van der Waals surface area contributed by atoms with Crippen LogP contribution in [-0.2, 0) is 12.8 Å². The van der Waals surface area contributed by atoms with Crippen molar-refractivity contribution in [1.82, 2.24) is 0 Å². The molecule has 31 heavy (non-hydrogen) atoms. The van der Waals surface area contributed by atoms with Crippen molar-refractivity contribution in [2.75, 3.05) is 17.5 Å². The van der Waals surface area contributed by atoms with Gasteiger partial charge in [-0.2, -0.15) is 13.2 Å². The van der Waals surface area contributed by atoms with Gasteiger partial charge in [0.25, 0.3) is 0 Å². The van der Waals surface area contributed by atoms with E-state index >= 15 is 0 Å². The second kappa shape index (κ2) is 8.88. The standard InChI is InChI=1S/C22H16ClF4NO2S/c23-17-5-2-6-18(24)21(17)30-13-14-7-8-20-19(11-14)28(9-10-29-20)31-16-4-1-3-15(12-16)22(25,26)27/h1-8,11-12H,9-10,13H2. The summed E-state index contributed by atoms with van der Waals surface area (Å²) in [5.41, 5.74) is 0.738. The molecular formula is C22H16ClF4NO2S. The number of fused-ring (bicyclic) bond motifs is 1. The van der Waals surface area contributed by atoms with E-state index in [0.29, 0.717) is 29.5 Å². The number of alkyl halides is 3. The zero-order valence-corrected chi connectivity index (χ0v) is 17.5. The molecule has 0 unspecified atom stereocenters. The topological polar surface area (TPSA) is 21.7 Å². The molecule has 9 heteroatoms. The maximum Gasteiger partial charge on any atom is 0.416 e. The van der Waals surface area contributed by atoms with Gasteiger partial charge in [0.05, 0.1) is 22.8 Å². The monoisotopic (exact) mass is 469 g/mol. The minimum absolute atomic E-state index is 0.0339. The number of hydrogen-bond donors (Lipinski definition) is 0. The number of halogens is 5. The number of hydrogen-bond acceptors (Lipinski definition) is 4. The first-order chi connectivity index (χ1) is 14.8. The summed E-state index contributed by atoms with van der Waals surface area (Å²) in [5.74, 6) is 0.0160. The van der Waals surface area contributed by atoms with E-state index in [9.17, 15) is 17.6 Å². The van der Waals surface area contributed by atoms with Gasteiger partial charge < -0.3 is 13.8 Å². The van der Waals surface area contributed by atoms with Gasteiger partial charge in [-0.15, -0.1) is 0 Å². The molecule has 3 aromatic rings. The molecular weight excluding hydrogens is 454 g/mol. The summed E-state index contributed by atoms with van der Waals surface area (Å²) in [6, 6.07) is 14.8. The summed E-state index contributed by atoms with van der Waals surface area (Å²) in [6.07, 6.45) is -4.40. The Morgan fingerprint density at radius 1 is 1.06 bits per heavy atom. The molecule has 0 saturated heterocycles. The van der Waals surface area contributed by atoms with Gasteiger partial charge in [-0.25, -0.2) is 4.39 Å². The minimum Gasteiger partial charge on any atom is -0.489 e. The predicted molar refractivity (Wildman–Crippen MR) is 112 cm³/mol. The van der Waals surface area contributed by atoms with Crippen molar-refractivity contribution >= 4 is 29.2 Å². The Morgan fingerprint density at radius 3 is 2.65 bits per heavy atom. The van der Waals surface area contributed by atoms with Crippen LogP contribution < -0.4 is 13.8 Å². The van der Waals surface area contributed by atoms with Crippen LogP contribution in [0.5, 0.6) is 11.5 Å². The maximum atomic E-state index is 13.9. The fourth-order valence-electron chi connectivity index (χ4n) is 3.06. The Balaban J connectivity index is 1.54. The average Bonchev–Trinajstić information content (AvgIpc) is 2.73. The highest BCUT2D eigenvalue weighted by Gasteiger charge is 2.31. The van der Waals surface area contributed by atoms with Gasteiger partial charge in [0, 0.05) is 4.90 Å². The first-order valence-corrected chi connectivity index (χ1v) is 10.4. The second-order valence-electron chi connectivity index (χ2n) is 6.71. The molecule has 162 valence electrons. The van der Waals surface area contributed by atoms with Crippen LogP contribution in [-0.4, -0.2) is 13.2 Å². The quantitative estimate of drug-likeness (QED) is 0.297. The number of benzene rings is 3. The van der Waals surface area contributed by atoms with Gasteiger partial charge in [-0.1, -0.05) is 29.8 Å². The lowest BCUT2D eigenvalue weighted by Gasteiger charge is -2.30. The van der Waals surface area contributed by atoms with Crippen LogP contribution in [0.2, 0.25) is 5.02 Å². The summed E-state index contributed by atoms with van der Waals surface area (Å²) in [6.45, 7) is 0.951. The normalized spacial score (nSPS) is 13.5. The largest absolute Gasteiger partial charge is 0.489 e. The van der Waals surface area contributed by atoms with Gasteiger partial charge in [0.2, 0.25) is 0 Å². The number of anilines is 1. The Bertz CT molecular complexity index is 1070. The molecule has 0 aromatic heterocycles. The fourth-order valence-corrected chi connectivity index (χ4v) is 4.25. The lowest BCUT2D eigenvalue weighted by molar-refractivity contribution is -0.137. The zero-order chi connectivity index (χ0) is 22.0. The van der Waals surface area contributed by atoms with E-state index in [1.165, 1.54) is 36.2 Å². The van der Waals surface area contributed by atoms with Gasteiger partial charge in [-0.3, -0.25) is 0 Å². The number of para-hydroxylation sites is 1. The molecule has 3 aromatic carbocycles. The summed E-state index contributed by atoms with van der Waals surface area (Å²) in [7, 11) is 0. The van der Waals surface area contributed by atoms with E-state index < -0.39 is 17.6 Å². The van der Waals surface area contributed by atoms with Crippen LogP contribution in [0.25, 0.3) is 0 Å². The van der Waals surface area contributed by atoms with E-state index in [-0.39, 0.29) is 17.4 Å². The molecule has 0 N–H and O–H groups in total. The number of nitrogens with zero attached hydrogens (tertiary/aromatic N) is 1. The van der Waals surface area contributed by atoms with Crippen molar-refractivity contribution in [3.63, 3.8) is 0 Å². The maximum absolute atomic E-state index is 13.9. The minimum atomic E-state index is -4.40. The van der Waals surface area contributed by atoms with Crippen LogP contribution in [0.3, 0.4) is 0 Å². The van der Waals surface area contributed by atoms with E-state index in [1.54, 1.807) is 18.2 Å². The van der Waals surface area contributed by atoms with E-state index in [1.807, 2.05) is 10.4 Å². The summed E-state index contributed by atoms with van der Waals surface area (Å²) >= 11 is 7.19. The lowest BCUT2D eigenvalue weighted by atomic mass is 10.2. The molecule has 0 bridgehead atoms. The van der Waals surface area contributed by atoms with Crippen LogP contribution in [0.1, 0.15) is 11.1 Å². The van der Waals surface area contributed by atoms with E-state index in [2.05, 4.69) is 0 Å². The van der Waals surface area contributed by atoms with Crippen molar-refractivity contribution in [2.24, 2.45) is 0 Å². The Labute approximate surface area is 185 Å². The first kappa shape index (κ1) is 21.6. The first-order valence-electron chi connectivity index (χ1n) is 9.26. The van der Waals surface area contributed by atoms with Crippen LogP contribution >= 0.6 is 23.5 Å². The van der Waals surface area contributed by atoms with E-state index in [0.717, 1.165) is 17.7 Å². The second-order valence-corrected chi connectivity index (χ2v) is 8.21. The third kappa shape index (κ3) is 5.02.